The molecule has 3 N–H and O–H groups in total. The van der Waals surface area contributed by atoms with Crippen molar-refractivity contribution in [1.82, 2.24) is 0 Å². The fourth-order valence-corrected chi connectivity index (χ4v) is 3.30. The van der Waals surface area contributed by atoms with Gasteiger partial charge in [-0.2, -0.15) is 0 Å². The van der Waals surface area contributed by atoms with Gasteiger partial charge in [-0.3, -0.25) is 4.79 Å². The summed E-state index contributed by atoms with van der Waals surface area (Å²) in [5.41, 5.74) is 7.07. The first-order valence-electron chi connectivity index (χ1n) is 8.35. The van der Waals surface area contributed by atoms with E-state index in [2.05, 4.69) is 26.1 Å². The van der Waals surface area contributed by atoms with Gasteiger partial charge < -0.3 is 15.8 Å². The van der Waals surface area contributed by atoms with Crippen molar-refractivity contribution in [3.05, 3.63) is 29.8 Å². The van der Waals surface area contributed by atoms with Crippen LogP contribution in [0.1, 0.15) is 53.5 Å². The van der Waals surface area contributed by atoms with Crippen molar-refractivity contribution < 1.29 is 9.53 Å². The highest BCUT2D eigenvalue weighted by Gasteiger charge is 2.62. The number of hydrogen-bond donors (Lipinski definition) is 2. The summed E-state index contributed by atoms with van der Waals surface area (Å²) in [4.78, 5) is 12.9. The Kier molecular flexibility index (Phi) is 6.13. The molecule has 1 aliphatic rings. The first kappa shape index (κ1) is 20.9. The third kappa shape index (κ3) is 3.46. The Morgan fingerprint density at radius 3 is 2.42 bits per heavy atom. The molecule has 24 heavy (non-hydrogen) atoms. The molecule has 0 bridgehead atoms. The lowest BCUT2D eigenvalue weighted by Crippen LogP contribution is -2.74. The molecule has 1 amide bonds. The van der Waals surface area contributed by atoms with E-state index in [1.165, 1.54) is 0 Å². The monoisotopic (exact) mass is 354 g/mol. The quantitative estimate of drug-likeness (QED) is 0.862. The van der Waals surface area contributed by atoms with Gasteiger partial charge in [0.2, 0.25) is 5.91 Å². The van der Waals surface area contributed by atoms with Crippen molar-refractivity contribution in [2.45, 2.75) is 65.0 Å². The summed E-state index contributed by atoms with van der Waals surface area (Å²) < 4.78 is 5.71. The summed E-state index contributed by atoms with van der Waals surface area (Å²) in [5.74, 6) is -0.129. The number of ether oxygens (including phenoxy) is 1. The molecule has 1 fully saturated rings. The number of amides is 1. The second-order valence-electron chi connectivity index (χ2n) is 8.09. The van der Waals surface area contributed by atoms with Gasteiger partial charge >= 0.3 is 0 Å². The largest absolute Gasteiger partial charge is 0.378 e. The highest BCUT2D eigenvalue weighted by molar-refractivity contribution is 6.00. The van der Waals surface area contributed by atoms with Gasteiger partial charge in [0.05, 0.1) is 6.10 Å². The maximum Gasteiger partial charge on any atom is 0.245 e. The van der Waals surface area contributed by atoms with Crippen LogP contribution >= 0.6 is 12.4 Å². The Morgan fingerprint density at radius 2 is 1.92 bits per heavy atom. The van der Waals surface area contributed by atoms with Gasteiger partial charge in [0.1, 0.15) is 5.54 Å². The molecule has 4 nitrogen and oxygen atoms in total. The van der Waals surface area contributed by atoms with Crippen LogP contribution in [-0.4, -0.2) is 24.2 Å². The average Bonchev–Trinajstić information content (AvgIpc) is 2.46. The Hall–Kier alpha value is -1.10. The van der Waals surface area contributed by atoms with Crippen molar-refractivity contribution in [3.63, 3.8) is 0 Å². The topological polar surface area (TPSA) is 64.3 Å². The van der Waals surface area contributed by atoms with Crippen LogP contribution in [0.5, 0.6) is 0 Å². The fraction of sp³-hybridized carbons (Fsp3) is 0.632. The van der Waals surface area contributed by atoms with Gasteiger partial charge in [-0.05, 0) is 24.0 Å². The number of para-hydroxylation sites is 1. The summed E-state index contributed by atoms with van der Waals surface area (Å²) in [6.45, 7) is 13.0. The van der Waals surface area contributed by atoms with Crippen molar-refractivity contribution >= 4 is 24.0 Å². The molecule has 1 saturated carbocycles. The smallest absolute Gasteiger partial charge is 0.245 e. The van der Waals surface area contributed by atoms with Crippen molar-refractivity contribution in [3.8, 4) is 0 Å². The number of anilines is 1. The van der Waals surface area contributed by atoms with E-state index in [-0.39, 0.29) is 35.2 Å². The molecule has 1 aromatic carbocycles. The van der Waals surface area contributed by atoms with E-state index in [4.69, 9.17) is 10.5 Å². The molecule has 0 spiro atoms. The first-order chi connectivity index (χ1) is 10.5. The molecule has 0 radical (unpaired) electrons. The van der Waals surface area contributed by atoms with Crippen LogP contribution in [0.4, 0.5) is 5.69 Å². The zero-order valence-corrected chi connectivity index (χ0v) is 16.4. The van der Waals surface area contributed by atoms with E-state index in [1.807, 2.05) is 45.0 Å². The van der Waals surface area contributed by atoms with Gasteiger partial charge in [-0.25, -0.2) is 0 Å². The first-order valence-corrected chi connectivity index (χ1v) is 8.35. The highest BCUT2D eigenvalue weighted by Crippen LogP contribution is 2.50. The van der Waals surface area contributed by atoms with E-state index in [0.717, 1.165) is 11.3 Å². The summed E-state index contributed by atoms with van der Waals surface area (Å²) in [6, 6.07) is 7.91. The molecule has 0 aliphatic heterocycles. The predicted octanol–water partition coefficient (Wildman–Crippen LogP) is 3.88. The third-order valence-corrected chi connectivity index (χ3v) is 5.22. The number of nitrogens with one attached hydrogen (secondary N) is 1. The highest BCUT2D eigenvalue weighted by atomic mass is 35.5. The van der Waals surface area contributed by atoms with Crippen LogP contribution in [0.2, 0.25) is 0 Å². The van der Waals surface area contributed by atoms with Gasteiger partial charge in [0.25, 0.3) is 0 Å². The number of hydrogen-bond acceptors (Lipinski definition) is 3. The van der Waals surface area contributed by atoms with Gasteiger partial charge in [0, 0.05) is 24.1 Å². The molecular weight excluding hydrogens is 324 g/mol. The maximum absolute atomic E-state index is 12.9. The molecule has 5 heteroatoms. The average molecular weight is 355 g/mol. The summed E-state index contributed by atoms with van der Waals surface area (Å²) in [5, 5.41) is 3.06. The van der Waals surface area contributed by atoms with Crippen LogP contribution in [0, 0.1) is 5.41 Å². The summed E-state index contributed by atoms with van der Waals surface area (Å²) in [7, 11) is 0. The molecule has 1 aromatic rings. The number of rotatable bonds is 4. The molecule has 0 saturated heterocycles. The number of carbonyl (C=O) groups is 1. The van der Waals surface area contributed by atoms with E-state index in [0.29, 0.717) is 13.0 Å². The summed E-state index contributed by atoms with van der Waals surface area (Å²) >= 11 is 0. The molecule has 136 valence electrons. The third-order valence-electron chi connectivity index (χ3n) is 5.22. The molecular formula is C19H31ClN2O2. The minimum atomic E-state index is -0.905. The summed E-state index contributed by atoms with van der Waals surface area (Å²) in [6.07, 6.45) is 0.582. The van der Waals surface area contributed by atoms with Gasteiger partial charge in [-0.1, -0.05) is 52.8 Å². The van der Waals surface area contributed by atoms with E-state index < -0.39 is 5.54 Å². The normalized spacial score (nSPS) is 25.4. The minimum Gasteiger partial charge on any atom is -0.378 e. The molecule has 0 heterocycles. The fourth-order valence-electron chi connectivity index (χ4n) is 3.30. The van der Waals surface area contributed by atoms with Crippen LogP contribution in [-0.2, 0) is 14.9 Å². The molecule has 2 rings (SSSR count). The Balaban J connectivity index is 0.00000288. The lowest BCUT2D eigenvalue weighted by atomic mass is 9.54. The minimum absolute atomic E-state index is 0. The van der Waals surface area contributed by atoms with Crippen LogP contribution < -0.4 is 11.1 Å². The molecule has 2 atom stereocenters. The van der Waals surface area contributed by atoms with Crippen LogP contribution in [0.3, 0.4) is 0 Å². The Bertz CT molecular complexity index is 595. The van der Waals surface area contributed by atoms with Crippen LogP contribution in [0.15, 0.2) is 24.3 Å². The SMILES string of the molecule is CCOC1CC(N)(C(=O)Nc2ccccc2C(C)(C)C)C1(C)C.Cl. The molecule has 1 aliphatic carbocycles. The number of carbonyl (C=O) groups excluding carboxylic acids is 1. The zero-order valence-electron chi connectivity index (χ0n) is 15.6. The Labute approximate surface area is 151 Å². The number of halogens is 1. The van der Waals surface area contributed by atoms with Gasteiger partial charge in [-0.15, -0.1) is 12.4 Å². The van der Waals surface area contributed by atoms with E-state index in [1.54, 1.807) is 0 Å². The van der Waals surface area contributed by atoms with E-state index in [9.17, 15) is 4.79 Å². The lowest BCUT2D eigenvalue weighted by Gasteiger charge is -2.57. The Morgan fingerprint density at radius 1 is 1.33 bits per heavy atom. The van der Waals surface area contributed by atoms with Crippen molar-refractivity contribution in [2.24, 2.45) is 11.1 Å². The standard InChI is InChI=1S/C19H30N2O2.ClH/c1-7-23-15-12-19(20,18(15,5)6)16(22)21-14-11-9-8-10-13(14)17(2,3)4;/h8-11,15H,7,12,20H2,1-6H3,(H,21,22);1H. The van der Waals surface area contributed by atoms with E-state index >= 15 is 0 Å². The predicted molar refractivity (Wildman–Crippen MR) is 102 cm³/mol. The number of benzene rings is 1. The second-order valence-corrected chi connectivity index (χ2v) is 8.09. The lowest BCUT2D eigenvalue weighted by molar-refractivity contribution is -0.166. The zero-order chi connectivity index (χ0) is 17.5. The number of nitrogens with two attached hydrogens (primary N) is 1. The van der Waals surface area contributed by atoms with Crippen molar-refractivity contribution in [2.75, 3.05) is 11.9 Å². The van der Waals surface area contributed by atoms with Crippen molar-refractivity contribution in [1.29, 1.82) is 0 Å². The maximum atomic E-state index is 12.9. The van der Waals surface area contributed by atoms with Crippen LogP contribution in [0.25, 0.3) is 0 Å². The van der Waals surface area contributed by atoms with Gasteiger partial charge in [0.15, 0.2) is 0 Å². The molecule has 2 unspecified atom stereocenters. The second kappa shape index (κ2) is 7.03. The molecule has 0 aromatic heterocycles.